The van der Waals surface area contributed by atoms with E-state index in [0.717, 1.165) is 0 Å². The van der Waals surface area contributed by atoms with Crippen molar-refractivity contribution in [1.82, 2.24) is 0 Å². The second kappa shape index (κ2) is 3.15. The van der Waals surface area contributed by atoms with Gasteiger partial charge in [0.25, 0.3) is 0 Å². The summed E-state index contributed by atoms with van der Waals surface area (Å²) >= 11 is 0. The van der Waals surface area contributed by atoms with Crippen LogP contribution < -0.4 is 0 Å². The second-order valence-corrected chi connectivity index (χ2v) is 2.42. The van der Waals surface area contributed by atoms with Crippen molar-refractivity contribution in [3.8, 4) is 0 Å². The van der Waals surface area contributed by atoms with Crippen LogP contribution >= 0.6 is 0 Å². The highest BCUT2D eigenvalue weighted by Crippen LogP contribution is 2.02. The minimum atomic E-state index is -0.556. The maximum Gasteiger partial charge on any atom is 0.202 e. The van der Waals surface area contributed by atoms with Crippen LogP contribution in [0.5, 0.6) is 0 Å². The molecule has 3 heteroatoms. The van der Waals surface area contributed by atoms with Gasteiger partial charge in [-0.2, -0.15) is 4.65 Å². The van der Waals surface area contributed by atoms with Gasteiger partial charge in [-0.15, -0.1) is 0 Å². The summed E-state index contributed by atoms with van der Waals surface area (Å²) in [5.74, 6) is 0. The number of quaternary nitrogens is 1. The first-order valence-electron chi connectivity index (χ1n) is 3.10. The largest absolute Gasteiger partial charge is 0.387 e. The van der Waals surface area contributed by atoms with Crippen LogP contribution in [-0.2, 0) is 0 Å². The van der Waals surface area contributed by atoms with Gasteiger partial charge in [0.15, 0.2) is 0 Å². The molecule has 1 radical (unpaired) electrons. The Balaban J connectivity index is 3.58. The van der Waals surface area contributed by atoms with E-state index in [4.69, 9.17) is 5.11 Å². The smallest absolute Gasteiger partial charge is 0.202 e. The first kappa shape index (κ1) is 8.88. The number of nitrogens with zero attached hydrogens (tertiary/aromatic N) is 1. The van der Waals surface area contributed by atoms with E-state index in [1.807, 2.05) is 6.92 Å². The molecule has 0 aromatic heterocycles. The van der Waals surface area contributed by atoms with Crippen LogP contribution in [0.25, 0.3) is 0 Å². The monoisotopic (exact) mass is 133 g/mol. The average molecular weight is 133 g/mol. The number of aliphatic hydroxyl groups excluding tert-OH is 1. The van der Waals surface area contributed by atoms with E-state index in [0.29, 0.717) is 6.54 Å². The summed E-state index contributed by atoms with van der Waals surface area (Å²) in [6.45, 7) is 5.49. The molecule has 2 unspecified atom stereocenters. The highest BCUT2D eigenvalue weighted by molar-refractivity contribution is 4.55. The Morgan fingerprint density at radius 3 is 2.22 bits per heavy atom. The normalized spacial score (nSPS) is 21.0. The molecule has 2 atom stereocenters. The molecule has 0 aliphatic rings. The number of hydroxylamine groups is 3. The summed E-state index contributed by atoms with van der Waals surface area (Å²) in [6.07, 6.45) is -0.556. The zero-order valence-electron chi connectivity index (χ0n) is 6.20. The highest BCUT2D eigenvalue weighted by Gasteiger charge is 2.19. The minimum Gasteiger partial charge on any atom is -0.387 e. The van der Waals surface area contributed by atoms with Gasteiger partial charge in [-0.1, -0.05) is 0 Å². The minimum absolute atomic E-state index is 0.225. The van der Waals surface area contributed by atoms with E-state index in [9.17, 15) is 5.21 Å². The van der Waals surface area contributed by atoms with Crippen molar-refractivity contribution in [2.75, 3.05) is 13.6 Å². The maximum atomic E-state index is 9.22. The van der Waals surface area contributed by atoms with Crippen LogP contribution in [-0.4, -0.2) is 34.7 Å². The van der Waals surface area contributed by atoms with Crippen molar-refractivity contribution in [3.63, 3.8) is 0 Å². The first-order chi connectivity index (χ1) is 3.98. The summed E-state index contributed by atoms with van der Waals surface area (Å²) < 4.78 is -0.225. The van der Waals surface area contributed by atoms with Gasteiger partial charge in [0, 0.05) is 0 Å². The van der Waals surface area contributed by atoms with E-state index in [2.05, 4.69) is 0 Å². The van der Waals surface area contributed by atoms with Gasteiger partial charge >= 0.3 is 0 Å². The van der Waals surface area contributed by atoms with Gasteiger partial charge < -0.3 is 5.11 Å². The van der Waals surface area contributed by atoms with Crippen molar-refractivity contribution in [1.29, 1.82) is 0 Å². The number of hydrogen-bond acceptors (Lipinski definition) is 2. The zero-order chi connectivity index (χ0) is 7.49. The second-order valence-electron chi connectivity index (χ2n) is 2.42. The quantitative estimate of drug-likeness (QED) is 0.432. The van der Waals surface area contributed by atoms with Crippen LogP contribution in [0.4, 0.5) is 0 Å². The van der Waals surface area contributed by atoms with Crippen LogP contribution in [0.3, 0.4) is 0 Å². The lowest BCUT2D eigenvalue weighted by atomic mass is 10.4. The molecule has 0 saturated carbocycles. The molecule has 0 fully saturated rings. The molecule has 0 spiro atoms. The molecular weight excluding hydrogens is 118 g/mol. The fourth-order valence-electron chi connectivity index (χ4n) is 0.570. The SMILES string of the molecule is CC[N+](C)(O)[CH]C(C)O. The van der Waals surface area contributed by atoms with Crippen LogP contribution in [0.2, 0.25) is 0 Å². The Hall–Kier alpha value is -0.120. The molecule has 0 bridgehead atoms. The van der Waals surface area contributed by atoms with Crippen molar-refractivity contribution in [2.24, 2.45) is 0 Å². The summed E-state index contributed by atoms with van der Waals surface area (Å²) in [7, 11) is 1.62. The predicted molar refractivity (Wildman–Crippen MR) is 34.5 cm³/mol. The van der Waals surface area contributed by atoms with Gasteiger partial charge in [-0.05, 0) is 13.8 Å². The Bertz CT molecular complexity index is 81.1. The maximum absolute atomic E-state index is 9.22. The number of rotatable bonds is 3. The lowest BCUT2D eigenvalue weighted by Crippen LogP contribution is -2.40. The molecule has 9 heavy (non-hydrogen) atoms. The first-order valence-corrected chi connectivity index (χ1v) is 3.10. The van der Waals surface area contributed by atoms with Crippen LogP contribution in [0, 0.1) is 6.54 Å². The Kier molecular flexibility index (Phi) is 3.11. The zero-order valence-corrected chi connectivity index (χ0v) is 6.20. The lowest BCUT2D eigenvalue weighted by molar-refractivity contribution is -1.06. The fraction of sp³-hybridized carbons (Fsp3) is 0.833. The molecule has 0 aromatic rings. The van der Waals surface area contributed by atoms with E-state index >= 15 is 0 Å². The number of likely N-dealkylation sites (N-methyl/N-ethyl adjacent to an activating group) is 1. The summed E-state index contributed by atoms with van der Waals surface area (Å²) in [6, 6.07) is 0. The molecule has 0 aromatic carbocycles. The molecule has 0 aliphatic carbocycles. The van der Waals surface area contributed by atoms with E-state index in [1.165, 1.54) is 6.54 Å². The Labute approximate surface area is 56.1 Å². The predicted octanol–water partition coefficient (Wildman–Crippen LogP) is 0.385. The molecule has 0 amide bonds. The van der Waals surface area contributed by atoms with Gasteiger partial charge in [0.2, 0.25) is 6.54 Å². The summed E-state index contributed by atoms with van der Waals surface area (Å²) in [4.78, 5) is 0. The van der Waals surface area contributed by atoms with Crippen molar-refractivity contribution < 1.29 is 15.0 Å². The van der Waals surface area contributed by atoms with Crippen LogP contribution in [0.15, 0.2) is 0 Å². The summed E-state index contributed by atoms with van der Waals surface area (Å²) in [5.41, 5.74) is 0. The van der Waals surface area contributed by atoms with Gasteiger partial charge in [0.1, 0.15) is 12.6 Å². The Morgan fingerprint density at radius 1 is 1.67 bits per heavy atom. The molecule has 0 aliphatic heterocycles. The lowest BCUT2D eigenvalue weighted by Gasteiger charge is -2.23. The molecule has 55 valence electrons. The fourth-order valence-corrected chi connectivity index (χ4v) is 0.570. The third kappa shape index (κ3) is 4.39. The molecular formula is C6H15NO2+. The van der Waals surface area contributed by atoms with Gasteiger partial charge in [0.05, 0.1) is 7.05 Å². The van der Waals surface area contributed by atoms with Gasteiger partial charge in [-0.3, -0.25) is 0 Å². The van der Waals surface area contributed by atoms with E-state index in [1.54, 1.807) is 14.0 Å². The topological polar surface area (TPSA) is 40.5 Å². The molecule has 3 nitrogen and oxygen atoms in total. The third-order valence-electron chi connectivity index (χ3n) is 1.18. The molecule has 0 rings (SSSR count). The average Bonchev–Trinajstić information content (AvgIpc) is 1.63. The molecule has 2 N–H and O–H groups in total. The van der Waals surface area contributed by atoms with E-state index < -0.39 is 6.10 Å². The Morgan fingerprint density at radius 2 is 2.11 bits per heavy atom. The van der Waals surface area contributed by atoms with Crippen molar-refractivity contribution >= 4 is 0 Å². The number of aliphatic hydroxyl groups is 1. The highest BCUT2D eigenvalue weighted by atomic mass is 16.5. The molecule has 0 heterocycles. The number of hydrogen-bond donors (Lipinski definition) is 2. The van der Waals surface area contributed by atoms with Gasteiger partial charge in [-0.25, -0.2) is 5.21 Å². The summed E-state index contributed by atoms with van der Waals surface area (Å²) in [5, 5.41) is 18.0. The van der Waals surface area contributed by atoms with Crippen LogP contribution in [0.1, 0.15) is 13.8 Å². The third-order valence-corrected chi connectivity index (χ3v) is 1.18. The van der Waals surface area contributed by atoms with E-state index in [-0.39, 0.29) is 4.65 Å². The molecule has 0 saturated heterocycles. The van der Waals surface area contributed by atoms with Crippen molar-refractivity contribution in [3.05, 3.63) is 6.54 Å². The standard InChI is InChI=1S/C6H15NO2/c1-4-7(3,9)5-6(2)8/h5-6,8-9H,4H2,1-3H3/q+1. The van der Waals surface area contributed by atoms with Crippen molar-refractivity contribution in [2.45, 2.75) is 20.0 Å².